The molecule has 0 fully saturated rings. The van der Waals surface area contributed by atoms with Gasteiger partial charge in [0.05, 0.1) is 16.8 Å². The fourth-order valence-corrected chi connectivity index (χ4v) is 2.76. The summed E-state index contributed by atoms with van der Waals surface area (Å²) in [6.45, 7) is 0.533. The lowest BCUT2D eigenvalue weighted by atomic mass is 10.3. The number of sulfonamides is 1. The Bertz CT molecular complexity index is 493. The molecule has 18 heavy (non-hydrogen) atoms. The van der Waals surface area contributed by atoms with Gasteiger partial charge in [-0.2, -0.15) is 0 Å². The Kier molecular flexibility index (Phi) is 6.42. The molecule has 102 valence electrons. The predicted molar refractivity (Wildman–Crippen MR) is 76.5 cm³/mol. The van der Waals surface area contributed by atoms with Gasteiger partial charge in [0.1, 0.15) is 5.75 Å². The number of hydrogen-bond acceptors (Lipinski definition) is 3. The molecule has 0 aliphatic carbocycles. The van der Waals surface area contributed by atoms with Crippen molar-refractivity contribution in [2.45, 2.75) is 19.3 Å². The van der Waals surface area contributed by atoms with Crippen LogP contribution in [0.5, 0.6) is 5.75 Å². The second-order valence-corrected chi connectivity index (χ2v) is 6.88. The summed E-state index contributed by atoms with van der Waals surface area (Å²) in [6, 6.07) is 5.30. The second kappa shape index (κ2) is 7.33. The van der Waals surface area contributed by atoms with E-state index in [1.165, 1.54) is 0 Å². The normalized spacial score (nSPS) is 11.5. The lowest BCUT2D eigenvalue weighted by Gasteiger charge is -2.08. The molecule has 1 rings (SSSR count). The molecule has 0 aliphatic rings. The topological polar surface area (TPSA) is 69.4 Å². The SMILES string of the molecule is NS(=O)(=O)CCCCCOc1ccc(Cl)cc1Br. The number of halogens is 2. The molecule has 7 heteroatoms. The summed E-state index contributed by atoms with van der Waals surface area (Å²) in [4.78, 5) is 0. The van der Waals surface area contributed by atoms with Crippen LogP contribution in [0.25, 0.3) is 0 Å². The Morgan fingerprint density at radius 1 is 1.28 bits per heavy atom. The average molecular weight is 357 g/mol. The highest BCUT2D eigenvalue weighted by Gasteiger charge is 2.03. The van der Waals surface area contributed by atoms with E-state index in [1.54, 1.807) is 18.2 Å². The van der Waals surface area contributed by atoms with Gasteiger partial charge in [-0.1, -0.05) is 11.6 Å². The molecule has 1 aromatic rings. The van der Waals surface area contributed by atoms with Crippen LogP contribution in [-0.4, -0.2) is 20.8 Å². The van der Waals surface area contributed by atoms with Gasteiger partial charge in [-0.05, 0) is 53.4 Å². The number of unbranched alkanes of at least 4 members (excludes halogenated alkanes) is 2. The first-order chi connectivity index (χ1) is 8.38. The van der Waals surface area contributed by atoms with Crippen LogP contribution in [-0.2, 0) is 10.0 Å². The first-order valence-electron chi connectivity index (χ1n) is 5.47. The summed E-state index contributed by atoms with van der Waals surface area (Å²) in [5, 5.41) is 5.54. The molecule has 0 bridgehead atoms. The average Bonchev–Trinajstić information content (AvgIpc) is 2.24. The number of rotatable bonds is 7. The summed E-state index contributed by atoms with van der Waals surface area (Å²) >= 11 is 9.16. The molecule has 0 spiro atoms. The molecule has 0 heterocycles. The van der Waals surface area contributed by atoms with Gasteiger partial charge in [-0.3, -0.25) is 0 Å². The first-order valence-corrected chi connectivity index (χ1v) is 8.35. The van der Waals surface area contributed by atoms with Crippen molar-refractivity contribution >= 4 is 37.6 Å². The molecular weight excluding hydrogens is 342 g/mol. The molecule has 0 saturated heterocycles. The van der Waals surface area contributed by atoms with E-state index in [4.69, 9.17) is 21.5 Å². The smallest absolute Gasteiger partial charge is 0.209 e. The van der Waals surface area contributed by atoms with Crippen molar-refractivity contribution in [2.24, 2.45) is 5.14 Å². The van der Waals surface area contributed by atoms with E-state index >= 15 is 0 Å². The van der Waals surface area contributed by atoms with Crippen LogP contribution >= 0.6 is 27.5 Å². The van der Waals surface area contributed by atoms with Gasteiger partial charge >= 0.3 is 0 Å². The molecule has 4 nitrogen and oxygen atoms in total. The number of ether oxygens (including phenoxy) is 1. The lowest BCUT2D eigenvalue weighted by molar-refractivity contribution is 0.304. The third-order valence-electron chi connectivity index (χ3n) is 2.22. The maximum Gasteiger partial charge on any atom is 0.209 e. The standard InChI is InChI=1S/C11H15BrClNO3S/c12-10-8-9(13)4-5-11(10)17-6-2-1-3-7-18(14,15)16/h4-5,8H,1-3,6-7H2,(H2,14,15,16). The van der Waals surface area contributed by atoms with Crippen molar-refractivity contribution in [3.05, 3.63) is 27.7 Å². The van der Waals surface area contributed by atoms with Crippen molar-refractivity contribution < 1.29 is 13.2 Å². The van der Waals surface area contributed by atoms with E-state index < -0.39 is 10.0 Å². The number of hydrogen-bond donors (Lipinski definition) is 1. The van der Waals surface area contributed by atoms with Crippen molar-refractivity contribution in [3.63, 3.8) is 0 Å². The van der Waals surface area contributed by atoms with Crippen molar-refractivity contribution in [3.8, 4) is 5.75 Å². The highest BCUT2D eigenvalue weighted by molar-refractivity contribution is 9.10. The molecule has 0 radical (unpaired) electrons. The van der Waals surface area contributed by atoms with E-state index in [2.05, 4.69) is 15.9 Å². The maximum atomic E-state index is 10.7. The third kappa shape index (κ3) is 6.58. The van der Waals surface area contributed by atoms with Crippen LogP contribution in [0.1, 0.15) is 19.3 Å². The van der Waals surface area contributed by atoms with Crippen LogP contribution in [0, 0.1) is 0 Å². The van der Waals surface area contributed by atoms with Gasteiger partial charge in [0, 0.05) is 5.02 Å². The number of benzene rings is 1. The Labute approximate surface area is 121 Å². The zero-order valence-corrected chi connectivity index (χ0v) is 12.9. The van der Waals surface area contributed by atoms with Gasteiger partial charge in [0.2, 0.25) is 10.0 Å². The van der Waals surface area contributed by atoms with Gasteiger partial charge in [-0.25, -0.2) is 13.6 Å². The minimum Gasteiger partial charge on any atom is -0.492 e. The Morgan fingerprint density at radius 3 is 2.61 bits per heavy atom. The monoisotopic (exact) mass is 355 g/mol. The highest BCUT2D eigenvalue weighted by Crippen LogP contribution is 2.28. The summed E-state index contributed by atoms with van der Waals surface area (Å²) < 4.78 is 27.7. The predicted octanol–water partition coefficient (Wildman–Crippen LogP) is 2.94. The number of primary sulfonamides is 1. The van der Waals surface area contributed by atoms with E-state index in [0.29, 0.717) is 18.1 Å². The highest BCUT2D eigenvalue weighted by atomic mass is 79.9. The Hall–Kier alpha value is -0.300. The summed E-state index contributed by atoms with van der Waals surface area (Å²) in [5.74, 6) is 0.753. The zero-order valence-electron chi connectivity index (χ0n) is 9.73. The van der Waals surface area contributed by atoms with E-state index in [9.17, 15) is 8.42 Å². The van der Waals surface area contributed by atoms with Crippen LogP contribution in [0.15, 0.2) is 22.7 Å². The molecule has 0 aromatic heterocycles. The maximum absolute atomic E-state index is 10.7. The van der Waals surface area contributed by atoms with Crippen molar-refractivity contribution in [1.82, 2.24) is 0 Å². The van der Waals surface area contributed by atoms with Crippen LogP contribution in [0.4, 0.5) is 0 Å². The zero-order chi connectivity index (χ0) is 13.6. The fraction of sp³-hybridized carbons (Fsp3) is 0.455. The van der Waals surface area contributed by atoms with Crippen LogP contribution in [0.3, 0.4) is 0 Å². The first kappa shape index (κ1) is 15.8. The van der Waals surface area contributed by atoms with E-state index in [-0.39, 0.29) is 5.75 Å². The summed E-state index contributed by atoms with van der Waals surface area (Å²) in [6.07, 6.45) is 2.11. The summed E-state index contributed by atoms with van der Waals surface area (Å²) in [7, 11) is -3.34. The largest absolute Gasteiger partial charge is 0.492 e. The molecule has 0 aliphatic heterocycles. The lowest BCUT2D eigenvalue weighted by Crippen LogP contribution is -2.16. The Balaban J connectivity index is 2.22. The third-order valence-corrected chi connectivity index (χ3v) is 3.94. The molecule has 0 amide bonds. The fourth-order valence-electron chi connectivity index (χ4n) is 1.36. The van der Waals surface area contributed by atoms with Crippen LogP contribution in [0.2, 0.25) is 5.02 Å². The molecule has 1 aromatic carbocycles. The molecule has 0 unspecified atom stereocenters. The van der Waals surface area contributed by atoms with Crippen LogP contribution < -0.4 is 9.88 Å². The van der Waals surface area contributed by atoms with Gasteiger partial charge < -0.3 is 4.74 Å². The summed E-state index contributed by atoms with van der Waals surface area (Å²) in [5.41, 5.74) is 0. The molecule has 0 saturated carbocycles. The quantitative estimate of drug-likeness (QED) is 0.764. The van der Waals surface area contributed by atoms with Gasteiger partial charge in [0.25, 0.3) is 0 Å². The second-order valence-electron chi connectivity index (χ2n) is 3.85. The van der Waals surface area contributed by atoms with E-state index in [1.807, 2.05) is 0 Å². The minimum atomic E-state index is -3.34. The van der Waals surface area contributed by atoms with Gasteiger partial charge in [-0.15, -0.1) is 0 Å². The minimum absolute atomic E-state index is 0.0254. The molecule has 0 atom stereocenters. The van der Waals surface area contributed by atoms with Crippen molar-refractivity contribution in [1.29, 1.82) is 0 Å². The van der Waals surface area contributed by atoms with Gasteiger partial charge in [0.15, 0.2) is 0 Å². The van der Waals surface area contributed by atoms with E-state index in [0.717, 1.165) is 23.1 Å². The number of nitrogens with two attached hydrogens (primary N) is 1. The molecular formula is C11H15BrClNO3S. The molecule has 2 N–H and O–H groups in total. The van der Waals surface area contributed by atoms with Crippen molar-refractivity contribution in [2.75, 3.05) is 12.4 Å². The Morgan fingerprint density at radius 2 is 2.00 bits per heavy atom.